The molecule has 0 spiro atoms. The van der Waals surface area contributed by atoms with Gasteiger partial charge in [0, 0.05) is 6.42 Å². The van der Waals surface area contributed by atoms with Crippen LogP contribution in [0.3, 0.4) is 0 Å². The van der Waals surface area contributed by atoms with E-state index in [9.17, 15) is 18.3 Å². The summed E-state index contributed by atoms with van der Waals surface area (Å²) in [5.41, 5.74) is -2.70. The lowest BCUT2D eigenvalue weighted by atomic mass is 9.93. The van der Waals surface area contributed by atoms with E-state index in [4.69, 9.17) is 6.42 Å². The molecule has 1 N–H and O–H groups in total. The summed E-state index contributed by atoms with van der Waals surface area (Å²) in [6.45, 7) is 1.76. The summed E-state index contributed by atoms with van der Waals surface area (Å²) in [6.07, 6.45) is 0.0676. The van der Waals surface area contributed by atoms with Crippen molar-refractivity contribution in [2.24, 2.45) is 0 Å². The van der Waals surface area contributed by atoms with Crippen LogP contribution < -0.4 is 0 Å². The highest BCUT2D eigenvalue weighted by molar-refractivity contribution is 4.99. The van der Waals surface area contributed by atoms with Crippen LogP contribution in [0.15, 0.2) is 0 Å². The van der Waals surface area contributed by atoms with E-state index in [-0.39, 0.29) is 6.42 Å². The first-order valence-electron chi connectivity index (χ1n) is 4.10. The summed E-state index contributed by atoms with van der Waals surface area (Å²) in [6, 6.07) is 0. The van der Waals surface area contributed by atoms with E-state index in [0.717, 1.165) is 0 Å². The zero-order valence-electron chi connectivity index (χ0n) is 7.49. The molecule has 0 aromatic heterocycles. The van der Waals surface area contributed by atoms with Gasteiger partial charge in [-0.05, 0) is 6.42 Å². The molecular weight excluding hydrogens is 181 g/mol. The van der Waals surface area contributed by atoms with Crippen molar-refractivity contribution in [3.63, 3.8) is 0 Å². The average molecular weight is 194 g/mol. The van der Waals surface area contributed by atoms with Gasteiger partial charge in [0.1, 0.15) is 0 Å². The van der Waals surface area contributed by atoms with E-state index < -0.39 is 18.2 Å². The Morgan fingerprint density at radius 1 is 1.38 bits per heavy atom. The lowest BCUT2D eigenvalue weighted by Gasteiger charge is -2.28. The molecule has 0 heterocycles. The Labute approximate surface area is 75.9 Å². The van der Waals surface area contributed by atoms with E-state index in [1.54, 1.807) is 6.92 Å². The van der Waals surface area contributed by atoms with Crippen LogP contribution in [0.1, 0.15) is 32.6 Å². The smallest absolute Gasteiger partial charge is 0.380 e. The molecule has 0 aromatic carbocycles. The van der Waals surface area contributed by atoms with Gasteiger partial charge in [-0.15, -0.1) is 12.3 Å². The van der Waals surface area contributed by atoms with Crippen LogP contribution in [0.2, 0.25) is 0 Å². The number of aliphatic hydroxyl groups is 1. The minimum Gasteiger partial charge on any atom is -0.380 e. The fraction of sp³-hybridized carbons (Fsp3) is 0.778. The van der Waals surface area contributed by atoms with Gasteiger partial charge >= 0.3 is 6.18 Å². The van der Waals surface area contributed by atoms with Crippen LogP contribution in [0.5, 0.6) is 0 Å². The van der Waals surface area contributed by atoms with Gasteiger partial charge in [0.05, 0.1) is 0 Å². The first-order chi connectivity index (χ1) is 5.87. The Hall–Kier alpha value is -0.690. The zero-order valence-corrected chi connectivity index (χ0v) is 7.49. The van der Waals surface area contributed by atoms with Gasteiger partial charge in [-0.25, -0.2) is 0 Å². The normalized spacial score (nSPS) is 16.3. The monoisotopic (exact) mass is 194 g/mol. The number of hydrogen-bond acceptors (Lipinski definition) is 1. The van der Waals surface area contributed by atoms with Crippen molar-refractivity contribution in [1.82, 2.24) is 0 Å². The summed E-state index contributed by atoms with van der Waals surface area (Å²) in [5.74, 6) is 1.85. The fourth-order valence-electron chi connectivity index (χ4n) is 0.968. The summed E-state index contributed by atoms with van der Waals surface area (Å²) in [7, 11) is 0. The molecule has 0 bridgehead atoms. The molecule has 1 unspecified atom stereocenters. The quantitative estimate of drug-likeness (QED) is 0.682. The molecule has 4 heteroatoms. The largest absolute Gasteiger partial charge is 0.418 e. The van der Waals surface area contributed by atoms with Crippen molar-refractivity contribution in [2.75, 3.05) is 0 Å². The van der Waals surface area contributed by atoms with Gasteiger partial charge in [-0.3, -0.25) is 0 Å². The molecule has 0 radical (unpaired) electrons. The second-order valence-electron chi connectivity index (χ2n) is 3.01. The maximum atomic E-state index is 12.3. The lowest BCUT2D eigenvalue weighted by molar-refractivity contribution is -0.260. The maximum Gasteiger partial charge on any atom is 0.418 e. The van der Waals surface area contributed by atoms with E-state index in [1.807, 2.05) is 5.92 Å². The first kappa shape index (κ1) is 12.3. The number of hydrogen-bond donors (Lipinski definition) is 1. The molecule has 1 atom stereocenters. The van der Waals surface area contributed by atoms with E-state index >= 15 is 0 Å². The molecule has 0 aliphatic heterocycles. The standard InChI is InChI=1S/C9H13F3O/c1-3-5-7-8(13,6-4-2)9(10,11)12/h2,13H,3,5-7H2,1H3. The predicted molar refractivity (Wildman–Crippen MR) is 44.0 cm³/mol. The Kier molecular flexibility index (Phi) is 4.28. The summed E-state index contributed by atoms with van der Waals surface area (Å²) >= 11 is 0. The SMILES string of the molecule is C#CCC(O)(CCCC)C(F)(F)F. The molecule has 0 amide bonds. The number of rotatable bonds is 4. The Morgan fingerprint density at radius 3 is 2.23 bits per heavy atom. The highest BCUT2D eigenvalue weighted by Gasteiger charge is 2.52. The topological polar surface area (TPSA) is 20.2 Å². The molecule has 13 heavy (non-hydrogen) atoms. The number of alkyl halides is 3. The van der Waals surface area contributed by atoms with Gasteiger partial charge < -0.3 is 5.11 Å². The lowest BCUT2D eigenvalue weighted by Crippen LogP contribution is -2.44. The highest BCUT2D eigenvalue weighted by Crippen LogP contribution is 2.36. The Balaban J connectivity index is 4.45. The van der Waals surface area contributed by atoms with Crippen LogP contribution in [0.25, 0.3) is 0 Å². The summed E-state index contributed by atoms with van der Waals surface area (Å²) < 4.78 is 36.8. The molecular formula is C9H13F3O. The van der Waals surface area contributed by atoms with E-state index in [1.165, 1.54) is 0 Å². The number of terminal acetylenes is 1. The minimum atomic E-state index is -4.63. The van der Waals surface area contributed by atoms with Crippen LogP contribution in [-0.2, 0) is 0 Å². The number of halogens is 3. The van der Waals surface area contributed by atoms with Crippen molar-refractivity contribution in [2.45, 2.75) is 44.4 Å². The molecule has 0 rings (SSSR count). The minimum absolute atomic E-state index is 0.317. The molecule has 0 saturated carbocycles. The average Bonchev–Trinajstić information content (AvgIpc) is 1.99. The van der Waals surface area contributed by atoms with Gasteiger partial charge in [-0.1, -0.05) is 19.8 Å². The van der Waals surface area contributed by atoms with Crippen molar-refractivity contribution in [3.8, 4) is 12.3 Å². The fourth-order valence-corrected chi connectivity index (χ4v) is 0.968. The first-order valence-corrected chi connectivity index (χ1v) is 4.10. The predicted octanol–water partition coefficient (Wildman–Crippen LogP) is 2.49. The molecule has 0 aliphatic rings. The van der Waals surface area contributed by atoms with E-state index in [2.05, 4.69) is 0 Å². The van der Waals surface area contributed by atoms with Crippen molar-refractivity contribution >= 4 is 0 Å². The van der Waals surface area contributed by atoms with Crippen LogP contribution in [0, 0.1) is 12.3 Å². The molecule has 1 nitrogen and oxygen atoms in total. The molecule has 0 aromatic rings. The second kappa shape index (κ2) is 4.52. The maximum absolute atomic E-state index is 12.3. The molecule has 0 aliphatic carbocycles. The van der Waals surface area contributed by atoms with E-state index in [0.29, 0.717) is 12.8 Å². The zero-order chi connectivity index (χ0) is 10.5. The summed E-state index contributed by atoms with van der Waals surface area (Å²) in [5, 5.41) is 9.21. The third-order valence-corrected chi connectivity index (χ3v) is 1.87. The van der Waals surface area contributed by atoms with Gasteiger partial charge in [-0.2, -0.15) is 13.2 Å². The van der Waals surface area contributed by atoms with Crippen LogP contribution in [-0.4, -0.2) is 16.9 Å². The Bertz CT molecular complexity index is 192. The third-order valence-electron chi connectivity index (χ3n) is 1.87. The Morgan fingerprint density at radius 2 is 1.92 bits per heavy atom. The van der Waals surface area contributed by atoms with Gasteiger partial charge in [0.2, 0.25) is 0 Å². The van der Waals surface area contributed by atoms with Crippen molar-refractivity contribution in [3.05, 3.63) is 0 Å². The van der Waals surface area contributed by atoms with Crippen LogP contribution >= 0.6 is 0 Å². The molecule has 0 saturated heterocycles. The molecule has 76 valence electrons. The highest BCUT2D eigenvalue weighted by atomic mass is 19.4. The molecule has 0 fully saturated rings. The van der Waals surface area contributed by atoms with Gasteiger partial charge in [0.15, 0.2) is 5.60 Å². The van der Waals surface area contributed by atoms with Crippen molar-refractivity contribution in [1.29, 1.82) is 0 Å². The summed E-state index contributed by atoms with van der Waals surface area (Å²) in [4.78, 5) is 0. The second-order valence-corrected chi connectivity index (χ2v) is 3.01. The number of unbranched alkanes of at least 4 members (excludes halogenated alkanes) is 1. The van der Waals surface area contributed by atoms with Crippen molar-refractivity contribution < 1.29 is 18.3 Å². The van der Waals surface area contributed by atoms with Crippen LogP contribution in [0.4, 0.5) is 13.2 Å². The van der Waals surface area contributed by atoms with Gasteiger partial charge in [0.25, 0.3) is 0 Å². The third kappa shape index (κ3) is 3.27.